The van der Waals surface area contributed by atoms with Crippen LogP contribution in [-0.2, 0) is 4.79 Å². The van der Waals surface area contributed by atoms with Crippen LogP contribution in [0.3, 0.4) is 0 Å². The maximum atomic E-state index is 14.4. The number of benzene rings is 1. The van der Waals surface area contributed by atoms with Crippen molar-refractivity contribution in [3.8, 4) is 16.5 Å². The molecule has 35 heavy (non-hydrogen) atoms. The van der Waals surface area contributed by atoms with E-state index >= 15 is 0 Å². The molecular formula is C27H33FN4O2S. The molecule has 3 fully saturated rings. The summed E-state index contributed by atoms with van der Waals surface area (Å²) in [6.07, 6.45) is 2.98. The predicted molar refractivity (Wildman–Crippen MR) is 135 cm³/mol. The lowest BCUT2D eigenvalue weighted by molar-refractivity contribution is -0.128. The largest absolute Gasteiger partial charge is 0.390 e. The number of alkyl halides is 1. The second kappa shape index (κ2) is 9.18. The molecule has 2 N–H and O–H groups in total. The zero-order valence-electron chi connectivity index (χ0n) is 20.4. The highest BCUT2D eigenvalue weighted by Crippen LogP contribution is 2.45. The summed E-state index contributed by atoms with van der Waals surface area (Å²) in [4.78, 5) is 21.4. The normalized spacial score (nSPS) is 27.2. The molecule has 1 saturated heterocycles. The third kappa shape index (κ3) is 5.07. The molecule has 1 aromatic heterocycles. The SMILES string of the molecule is Cc1nc([C@@H]2CC[C@H](F)C[C@H]2C(=O)NC2(C#N)CC2)c(-c2ccc(N3CCC(C)(O)CC3)cc2)s1. The van der Waals surface area contributed by atoms with Gasteiger partial charge < -0.3 is 15.3 Å². The smallest absolute Gasteiger partial charge is 0.225 e. The van der Waals surface area contributed by atoms with Crippen molar-refractivity contribution < 1.29 is 14.3 Å². The van der Waals surface area contributed by atoms with Crippen LogP contribution in [0.25, 0.3) is 10.4 Å². The summed E-state index contributed by atoms with van der Waals surface area (Å²) in [7, 11) is 0. The van der Waals surface area contributed by atoms with Gasteiger partial charge in [-0.2, -0.15) is 5.26 Å². The van der Waals surface area contributed by atoms with E-state index in [1.807, 2.05) is 13.8 Å². The Bertz CT molecular complexity index is 1130. The van der Waals surface area contributed by atoms with E-state index in [4.69, 9.17) is 4.98 Å². The van der Waals surface area contributed by atoms with E-state index in [0.29, 0.717) is 25.7 Å². The van der Waals surface area contributed by atoms with Crippen molar-refractivity contribution in [2.24, 2.45) is 5.92 Å². The molecule has 0 radical (unpaired) electrons. The Morgan fingerprint density at radius 3 is 2.54 bits per heavy atom. The van der Waals surface area contributed by atoms with Gasteiger partial charge in [-0.15, -0.1) is 11.3 Å². The summed E-state index contributed by atoms with van der Waals surface area (Å²) < 4.78 is 14.4. The number of aryl methyl sites for hydroxylation is 1. The Balaban J connectivity index is 1.39. The fourth-order valence-corrected chi connectivity index (χ4v) is 6.42. The Morgan fingerprint density at radius 1 is 1.23 bits per heavy atom. The number of rotatable bonds is 5. The minimum atomic E-state index is -1.01. The number of aliphatic hydroxyl groups is 1. The first-order valence-corrected chi connectivity index (χ1v) is 13.4. The summed E-state index contributed by atoms with van der Waals surface area (Å²) in [6, 6.07) is 10.6. The van der Waals surface area contributed by atoms with Crippen molar-refractivity contribution in [3.63, 3.8) is 0 Å². The first-order valence-electron chi connectivity index (χ1n) is 12.6. The van der Waals surface area contributed by atoms with Gasteiger partial charge in [-0.1, -0.05) is 12.1 Å². The molecule has 3 aliphatic rings. The molecule has 0 unspecified atom stereocenters. The van der Waals surface area contributed by atoms with E-state index in [1.54, 1.807) is 11.3 Å². The lowest BCUT2D eigenvalue weighted by Gasteiger charge is -2.37. The van der Waals surface area contributed by atoms with Crippen LogP contribution < -0.4 is 10.2 Å². The van der Waals surface area contributed by atoms with Crippen LogP contribution in [-0.4, -0.2) is 46.4 Å². The van der Waals surface area contributed by atoms with Gasteiger partial charge in [-0.05, 0) is 76.5 Å². The van der Waals surface area contributed by atoms with E-state index in [9.17, 15) is 19.6 Å². The van der Waals surface area contributed by atoms with Crippen molar-refractivity contribution in [1.29, 1.82) is 5.26 Å². The number of nitrogens with zero attached hydrogens (tertiary/aromatic N) is 3. The summed E-state index contributed by atoms with van der Waals surface area (Å²) in [6.45, 7) is 5.52. The van der Waals surface area contributed by atoms with Gasteiger partial charge in [0.1, 0.15) is 11.7 Å². The van der Waals surface area contributed by atoms with Crippen molar-refractivity contribution in [2.45, 2.75) is 82.0 Å². The van der Waals surface area contributed by atoms with Crippen LogP contribution >= 0.6 is 11.3 Å². The number of halogens is 1. The molecular weight excluding hydrogens is 463 g/mol. The minimum absolute atomic E-state index is 0.166. The Hall–Kier alpha value is -2.50. The molecule has 1 aromatic carbocycles. The van der Waals surface area contributed by atoms with Crippen molar-refractivity contribution in [1.82, 2.24) is 10.3 Å². The molecule has 1 amide bonds. The molecule has 2 saturated carbocycles. The van der Waals surface area contributed by atoms with Crippen molar-refractivity contribution in [2.75, 3.05) is 18.0 Å². The van der Waals surface area contributed by atoms with Gasteiger partial charge in [-0.25, -0.2) is 9.37 Å². The highest BCUT2D eigenvalue weighted by molar-refractivity contribution is 7.15. The van der Waals surface area contributed by atoms with E-state index in [0.717, 1.165) is 52.8 Å². The van der Waals surface area contributed by atoms with Crippen molar-refractivity contribution >= 4 is 22.9 Å². The summed E-state index contributed by atoms with van der Waals surface area (Å²) in [5, 5.41) is 23.5. The highest BCUT2D eigenvalue weighted by atomic mass is 32.1. The molecule has 6 nitrogen and oxygen atoms in total. The fourth-order valence-electron chi connectivity index (χ4n) is 5.43. The maximum Gasteiger partial charge on any atom is 0.225 e. The van der Waals surface area contributed by atoms with Gasteiger partial charge in [0.25, 0.3) is 0 Å². The number of carbonyl (C=O) groups excluding carboxylic acids is 1. The number of anilines is 1. The van der Waals surface area contributed by atoms with E-state index in [-0.39, 0.29) is 18.2 Å². The molecule has 2 aromatic rings. The first-order chi connectivity index (χ1) is 16.7. The van der Waals surface area contributed by atoms with Crippen LogP contribution in [0.5, 0.6) is 0 Å². The monoisotopic (exact) mass is 496 g/mol. The van der Waals surface area contributed by atoms with Gasteiger partial charge in [0.05, 0.1) is 27.2 Å². The molecule has 0 spiro atoms. The molecule has 0 bridgehead atoms. The summed E-state index contributed by atoms with van der Waals surface area (Å²) >= 11 is 1.61. The summed E-state index contributed by atoms with van der Waals surface area (Å²) in [5.41, 5.74) is 1.72. The van der Waals surface area contributed by atoms with Gasteiger partial charge in [0.15, 0.2) is 0 Å². The van der Waals surface area contributed by atoms with Gasteiger partial charge in [0, 0.05) is 30.6 Å². The molecule has 2 aliphatic carbocycles. The number of piperidine rings is 1. The molecule has 3 atom stereocenters. The first kappa shape index (κ1) is 24.2. The lowest BCUT2D eigenvalue weighted by Crippen LogP contribution is -2.44. The number of carbonyl (C=O) groups is 1. The number of thiazole rings is 1. The zero-order chi connectivity index (χ0) is 24.8. The van der Waals surface area contributed by atoms with Crippen LogP contribution in [0.15, 0.2) is 24.3 Å². The lowest BCUT2D eigenvalue weighted by atomic mass is 9.75. The summed E-state index contributed by atoms with van der Waals surface area (Å²) in [5.74, 6) is -0.907. The third-order valence-corrected chi connectivity index (χ3v) is 8.93. The Labute approximate surface area is 210 Å². The molecule has 1 aliphatic heterocycles. The van der Waals surface area contributed by atoms with Gasteiger partial charge >= 0.3 is 0 Å². The zero-order valence-corrected chi connectivity index (χ0v) is 21.2. The topological polar surface area (TPSA) is 89.2 Å². The average molecular weight is 497 g/mol. The number of amides is 1. The number of hydrogen-bond acceptors (Lipinski definition) is 6. The molecule has 186 valence electrons. The molecule has 8 heteroatoms. The average Bonchev–Trinajstić information content (AvgIpc) is 3.51. The van der Waals surface area contributed by atoms with Crippen LogP contribution in [0.4, 0.5) is 10.1 Å². The standard InChI is InChI=1S/C27H33FN4O2S/c1-17-30-23(21-8-5-19(28)15-22(21)25(33)31-27(16-29)9-10-27)24(35-17)18-3-6-20(7-4-18)32-13-11-26(2,34)12-14-32/h3-4,6-7,19,21-22,34H,5,8-15H2,1-2H3,(H,31,33)/t19-,21+,22+/m0/s1. The minimum Gasteiger partial charge on any atom is -0.390 e. The predicted octanol–water partition coefficient (Wildman–Crippen LogP) is 4.86. The van der Waals surface area contributed by atoms with Crippen LogP contribution in [0, 0.1) is 24.2 Å². The quantitative estimate of drug-likeness (QED) is 0.617. The maximum absolute atomic E-state index is 14.4. The molecule has 5 rings (SSSR count). The Morgan fingerprint density at radius 2 is 1.91 bits per heavy atom. The van der Waals surface area contributed by atoms with Crippen LogP contribution in [0.1, 0.15) is 68.5 Å². The highest BCUT2D eigenvalue weighted by Gasteiger charge is 2.48. The third-order valence-electron chi connectivity index (χ3n) is 7.90. The van der Waals surface area contributed by atoms with Crippen molar-refractivity contribution in [3.05, 3.63) is 35.0 Å². The number of nitriles is 1. The number of hydrogen-bond donors (Lipinski definition) is 2. The Kier molecular flexibility index (Phi) is 6.35. The van der Waals surface area contributed by atoms with Gasteiger partial charge in [0.2, 0.25) is 5.91 Å². The second-order valence-corrected chi connectivity index (χ2v) is 12.0. The fraction of sp³-hybridized carbons (Fsp3) is 0.593. The van der Waals surface area contributed by atoms with E-state index in [2.05, 4.69) is 40.6 Å². The van der Waals surface area contributed by atoms with E-state index in [1.165, 1.54) is 0 Å². The second-order valence-electron chi connectivity index (χ2n) is 10.8. The van der Waals surface area contributed by atoms with E-state index < -0.39 is 23.2 Å². The molecule has 2 heterocycles. The number of nitrogens with one attached hydrogen (secondary N) is 1. The number of aromatic nitrogens is 1. The van der Waals surface area contributed by atoms with Gasteiger partial charge in [-0.3, -0.25) is 4.79 Å². The van der Waals surface area contributed by atoms with Crippen LogP contribution in [0.2, 0.25) is 0 Å².